The quantitative estimate of drug-likeness (QED) is 0.701. The molecule has 6 nitrogen and oxygen atoms in total. The summed E-state index contributed by atoms with van der Waals surface area (Å²) in [7, 11) is 1.61. The van der Waals surface area contributed by atoms with Gasteiger partial charge in [0, 0.05) is 18.2 Å². The molecule has 1 heterocycles. The molecule has 0 radical (unpaired) electrons. The molecule has 124 valence electrons. The van der Waals surface area contributed by atoms with E-state index < -0.39 is 5.95 Å². The van der Waals surface area contributed by atoms with E-state index in [1.807, 2.05) is 61.5 Å². The van der Waals surface area contributed by atoms with Crippen LogP contribution < -0.4 is 19.8 Å². The Balaban J connectivity index is 1.77. The fourth-order valence-electron chi connectivity index (χ4n) is 2.45. The molecule has 1 aromatic heterocycles. The molecule has 0 aliphatic heterocycles. The number of nitrogens with zero attached hydrogens (tertiary/aromatic N) is 2. The van der Waals surface area contributed by atoms with Crippen LogP contribution in [0.2, 0.25) is 0 Å². The lowest BCUT2D eigenvalue weighted by Gasteiger charge is -2.12. The summed E-state index contributed by atoms with van der Waals surface area (Å²) in [5, 5.41) is 19.1. The Hall–Kier alpha value is -2.86. The molecule has 0 saturated carbocycles. The Morgan fingerprint density at radius 3 is 2.54 bits per heavy atom. The predicted molar refractivity (Wildman–Crippen MR) is 85.7 cm³/mol. The van der Waals surface area contributed by atoms with E-state index in [4.69, 9.17) is 9.26 Å². The van der Waals surface area contributed by atoms with Crippen LogP contribution in [0.4, 0.5) is 0 Å². The number of hydrogen-bond donors (Lipinski definition) is 1. The lowest BCUT2D eigenvalue weighted by Crippen LogP contribution is -2.39. The number of benzene rings is 2. The molecule has 1 unspecified atom stereocenters. The van der Waals surface area contributed by atoms with Gasteiger partial charge in [0.1, 0.15) is 5.75 Å². The zero-order valence-electron chi connectivity index (χ0n) is 13.6. The second-order valence-corrected chi connectivity index (χ2v) is 5.43. The van der Waals surface area contributed by atoms with Crippen LogP contribution in [0.15, 0.2) is 59.1 Å². The largest absolute Gasteiger partial charge is 0.539 e. The molecule has 0 spiro atoms. The van der Waals surface area contributed by atoms with E-state index in [9.17, 15) is 5.11 Å². The Morgan fingerprint density at radius 1 is 1.17 bits per heavy atom. The minimum Gasteiger partial charge on any atom is -0.539 e. The third-order valence-corrected chi connectivity index (χ3v) is 3.89. The molecule has 2 aromatic carbocycles. The fourth-order valence-corrected chi connectivity index (χ4v) is 2.45. The monoisotopic (exact) mass is 325 g/mol. The number of nitrogens with one attached hydrogen (secondary N) is 1. The topological polar surface area (TPSA) is 74.2 Å². The number of hydrogen-bond acceptors (Lipinski definition) is 5. The average molecular weight is 325 g/mol. The summed E-state index contributed by atoms with van der Waals surface area (Å²) < 4.78 is 11.5. The van der Waals surface area contributed by atoms with E-state index in [0.717, 1.165) is 17.0 Å². The summed E-state index contributed by atoms with van der Waals surface area (Å²) in [6.45, 7) is 2.40. The van der Waals surface area contributed by atoms with Gasteiger partial charge in [-0.15, -0.1) is 0 Å². The standard InChI is InChI=1S/C18H19N3O3/c1-13(14-6-4-3-5-7-14)19-12-17-18(22)24-20-21(17)15-8-10-16(23-2)11-9-15/h3-11,13,19H,12H2,1-2H3. The van der Waals surface area contributed by atoms with Gasteiger partial charge in [0.25, 0.3) is 5.69 Å². The number of methoxy groups -OCH3 is 1. The van der Waals surface area contributed by atoms with Crippen LogP contribution in [0, 0.1) is 0 Å². The van der Waals surface area contributed by atoms with Crippen molar-refractivity contribution in [2.45, 2.75) is 19.5 Å². The van der Waals surface area contributed by atoms with Crippen molar-refractivity contribution >= 4 is 0 Å². The molecule has 0 bridgehead atoms. The van der Waals surface area contributed by atoms with Crippen molar-refractivity contribution in [3.8, 4) is 17.4 Å². The van der Waals surface area contributed by atoms with Crippen molar-refractivity contribution in [3.63, 3.8) is 0 Å². The summed E-state index contributed by atoms with van der Waals surface area (Å²) in [5.41, 5.74) is 2.34. The molecule has 0 aliphatic rings. The van der Waals surface area contributed by atoms with Gasteiger partial charge in [-0.05, 0) is 29.3 Å². The van der Waals surface area contributed by atoms with Crippen molar-refractivity contribution < 1.29 is 19.0 Å². The highest BCUT2D eigenvalue weighted by Gasteiger charge is 2.21. The maximum absolute atomic E-state index is 12.0. The maximum atomic E-state index is 12.0. The predicted octanol–water partition coefficient (Wildman–Crippen LogP) is 1.88. The van der Waals surface area contributed by atoms with Crippen molar-refractivity contribution in [3.05, 3.63) is 65.9 Å². The first-order valence-corrected chi connectivity index (χ1v) is 7.69. The third-order valence-electron chi connectivity index (χ3n) is 3.89. The number of aromatic nitrogens is 2. The van der Waals surface area contributed by atoms with Gasteiger partial charge in [-0.3, -0.25) is 0 Å². The molecule has 1 N–H and O–H groups in total. The van der Waals surface area contributed by atoms with Gasteiger partial charge in [-0.25, -0.2) is 0 Å². The first kappa shape index (κ1) is 16.0. The zero-order valence-corrected chi connectivity index (χ0v) is 13.6. The van der Waals surface area contributed by atoms with E-state index in [2.05, 4.69) is 10.6 Å². The van der Waals surface area contributed by atoms with Crippen molar-refractivity contribution in [1.29, 1.82) is 0 Å². The Labute approximate surface area is 140 Å². The van der Waals surface area contributed by atoms with Crippen molar-refractivity contribution in [2.75, 3.05) is 7.11 Å². The lowest BCUT2D eigenvalue weighted by molar-refractivity contribution is -0.677. The van der Waals surface area contributed by atoms with Gasteiger partial charge in [-0.2, -0.15) is 0 Å². The smallest absolute Gasteiger partial charge is 0.253 e. The lowest BCUT2D eigenvalue weighted by atomic mass is 10.1. The highest BCUT2D eigenvalue weighted by Crippen LogP contribution is 2.16. The molecular formula is C18H19N3O3. The van der Waals surface area contributed by atoms with Gasteiger partial charge in [0.2, 0.25) is 5.69 Å². The fraction of sp³-hybridized carbons (Fsp3) is 0.222. The van der Waals surface area contributed by atoms with Gasteiger partial charge >= 0.3 is 0 Å². The Bertz CT molecular complexity index is 785. The summed E-state index contributed by atoms with van der Waals surface area (Å²) in [4.78, 5) is 0. The second kappa shape index (κ2) is 7.14. The summed E-state index contributed by atoms with van der Waals surface area (Å²) in [6, 6.07) is 17.4. The average Bonchev–Trinajstić information content (AvgIpc) is 3.01. The van der Waals surface area contributed by atoms with Crippen LogP contribution in [0.5, 0.6) is 11.7 Å². The first-order chi connectivity index (χ1) is 11.7. The van der Waals surface area contributed by atoms with Crippen molar-refractivity contribution in [2.24, 2.45) is 0 Å². The number of rotatable bonds is 6. The normalized spacial score (nSPS) is 12.1. The van der Waals surface area contributed by atoms with Gasteiger partial charge in [-0.1, -0.05) is 30.3 Å². The van der Waals surface area contributed by atoms with E-state index >= 15 is 0 Å². The highest BCUT2D eigenvalue weighted by molar-refractivity contribution is 5.31. The van der Waals surface area contributed by atoms with Crippen LogP contribution in [0.3, 0.4) is 0 Å². The van der Waals surface area contributed by atoms with Crippen LogP contribution >= 0.6 is 0 Å². The molecule has 0 aliphatic carbocycles. The Morgan fingerprint density at radius 2 is 1.88 bits per heavy atom. The number of ether oxygens (including phenoxy) is 1. The van der Waals surface area contributed by atoms with Crippen LogP contribution in [0.25, 0.3) is 5.69 Å². The molecule has 3 rings (SSSR count). The molecule has 0 saturated heterocycles. The van der Waals surface area contributed by atoms with Crippen molar-refractivity contribution in [1.82, 2.24) is 10.6 Å². The molecule has 6 heteroatoms. The SMILES string of the molecule is COc1ccc(-[n+]2noc([O-])c2CNC(C)c2ccccc2)cc1. The molecule has 24 heavy (non-hydrogen) atoms. The first-order valence-electron chi connectivity index (χ1n) is 7.69. The Kier molecular flexibility index (Phi) is 4.77. The van der Waals surface area contributed by atoms with Gasteiger partial charge in [0.05, 0.1) is 18.9 Å². The van der Waals surface area contributed by atoms with Crippen LogP contribution in [-0.2, 0) is 6.54 Å². The summed E-state index contributed by atoms with van der Waals surface area (Å²) >= 11 is 0. The molecule has 3 aromatic rings. The zero-order chi connectivity index (χ0) is 16.9. The molecule has 0 amide bonds. The molecular weight excluding hydrogens is 306 g/mol. The van der Waals surface area contributed by atoms with Crippen LogP contribution in [-0.4, -0.2) is 12.4 Å². The minimum atomic E-state index is -0.446. The second-order valence-electron chi connectivity index (χ2n) is 5.43. The highest BCUT2D eigenvalue weighted by atomic mass is 16.6. The minimum absolute atomic E-state index is 0.102. The molecule has 0 fully saturated rings. The van der Waals surface area contributed by atoms with Gasteiger partial charge in [0.15, 0.2) is 5.95 Å². The summed E-state index contributed by atoms with van der Waals surface area (Å²) in [5.74, 6) is 0.293. The van der Waals surface area contributed by atoms with E-state index in [0.29, 0.717) is 12.2 Å². The van der Waals surface area contributed by atoms with Crippen LogP contribution in [0.1, 0.15) is 24.2 Å². The van der Waals surface area contributed by atoms with E-state index in [-0.39, 0.29) is 6.04 Å². The maximum Gasteiger partial charge on any atom is 0.253 e. The molecule has 1 atom stereocenters. The van der Waals surface area contributed by atoms with E-state index in [1.165, 1.54) is 4.68 Å². The van der Waals surface area contributed by atoms with Gasteiger partial charge < -0.3 is 19.7 Å². The summed E-state index contributed by atoms with van der Waals surface area (Å²) in [6.07, 6.45) is 0. The third kappa shape index (κ3) is 3.38. The van der Waals surface area contributed by atoms with E-state index in [1.54, 1.807) is 7.11 Å².